The number of thiophene rings is 1. The molecule has 124 valence electrons. The molecule has 2 amide bonds. The molecule has 0 saturated carbocycles. The van der Waals surface area contributed by atoms with Gasteiger partial charge in [-0.25, -0.2) is 0 Å². The Balaban J connectivity index is 1.62. The van der Waals surface area contributed by atoms with Gasteiger partial charge in [-0.3, -0.25) is 20.4 Å². The van der Waals surface area contributed by atoms with Crippen molar-refractivity contribution < 1.29 is 14.0 Å². The number of carbonyl (C=O) groups excluding carboxylic acids is 2. The zero-order valence-electron chi connectivity index (χ0n) is 12.9. The van der Waals surface area contributed by atoms with Gasteiger partial charge in [0.1, 0.15) is 5.58 Å². The summed E-state index contributed by atoms with van der Waals surface area (Å²) in [5.74, 6) is -0.648. The Hall–Kier alpha value is -2.12. The first-order valence-electron chi connectivity index (χ1n) is 7.40. The van der Waals surface area contributed by atoms with E-state index in [4.69, 9.17) is 4.42 Å². The van der Waals surface area contributed by atoms with E-state index < -0.39 is 0 Å². The maximum atomic E-state index is 12.0. The molecular weight excluding hydrogens is 392 g/mol. The van der Waals surface area contributed by atoms with E-state index in [0.717, 1.165) is 26.7 Å². The van der Waals surface area contributed by atoms with E-state index in [9.17, 15) is 9.59 Å². The number of benzene rings is 1. The number of fused-ring (bicyclic) bond motifs is 1. The molecule has 0 atom stereocenters. The summed E-state index contributed by atoms with van der Waals surface area (Å²) in [6.45, 7) is 2.08. The molecule has 7 heteroatoms. The van der Waals surface area contributed by atoms with Gasteiger partial charge in [0.2, 0.25) is 5.91 Å². The van der Waals surface area contributed by atoms with Gasteiger partial charge in [-0.2, -0.15) is 0 Å². The third-order valence-electron chi connectivity index (χ3n) is 3.59. The summed E-state index contributed by atoms with van der Waals surface area (Å²) in [4.78, 5) is 24.5. The highest BCUT2D eigenvalue weighted by molar-refractivity contribution is 9.11. The van der Waals surface area contributed by atoms with Gasteiger partial charge in [0.15, 0.2) is 0 Å². The lowest BCUT2D eigenvalue weighted by molar-refractivity contribution is -0.121. The van der Waals surface area contributed by atoms with Crippen LogP contribution >= 0.6 is 27.3 Å². The first kappa shape index (κ1) is 16.7. The summed E-state index contributed by atoms with van der Waals surface area (Å²) < 4.78 is 6.38. The molecule has 2 aromatic heterocycles. The van der Waals surface area contributed by atoms with Crippen molar-refractivity contribution in [2.45, 2.75) is 19.8 Å². The van der Waals surface area contributed by atoms with Crippen LogP contribution in [0.4, 0.5) is 0 Å². The number of hydrazine groups is 1. The van der Waals surface area contributed by atoms with E-state index in [1.54, 1.807) is 18.4 Å². The number of carbonyl (C=O) groups is 2. The molecule has 24 heavy (non-hydrogen) atoms. The average Bonchev–Trinajstić information content (AvgIpc) is 3.19. The molecule has 1 aromatic carbocycles. The Morgan fingerprint density at radius 1 is 1.21 bits per heavy atom. The predicted octanol–water partition coefficient (Wildman–Crippen LogP) is 3.82. The van der Waals surface area contributed by atoms with Gasteiger partial charge < -0.3 is 4.42 Å². The summed E-state index contributed by atoms with van der Waals surface area (Å²) in [6.07, 6.45) is 2.64. The number of hydrogen-bond acceptors (Lipinski definition) is 4. The smallest absolute Gasteiger partial charge is 0.279 e. The number of rotatable bonds is 4. The summed E-state index contributed by atoms with van der Waals surface area (Å²) in [7, 11) is 0. The SMILES string of the molecule is CCc1ccc2c(CC(=O)NNC(=O)c3ccc(Br)s3)coc2c1. The van der Waals surface area contributed by atoms with E-state index in [1.807, 2.05) is 18.2 Å². The van der Waals surface area contributed by atoms with Crippen LogP contribution in [0.25, 0.3) is 11.0 Å². The minimum Gasteiger partial charge on any atom is -0.464 e. The molecule has 3 rings (SSSR count). The van der Waals surface area contributed by atoms with E-state index in [0.29, 0.717) is 4.88 Å². The first-order chi connectivity index (χ1) is 11.6. The second-order valence-corrected chi connectivity index (χ2v) is 7.69. The third-order valence-corrected chi connectivity index (χ3v) is 5.21. The minimum atomic E-state index is -0.344. The highest BCUT2D eigenvalue weighted by Gasteiger charge is 2.13. The van der Waals surface area contributed by atoms with Gasteiger partial charge >= 0.3 is 0 Å². The Morgan fingerprint density at radius 2 is 2.04 bits per heavy atom. The standard InChI is InChI=1S/C17H15BrN2O3S/c1-2-10-3-4-12-11(9-23-13(12)7-10)8-16(21)19-20-17(22)14-5-6-15(18)24-14/h3-7,9H,2,8H2,1H3,(H,19,21)(H,20,22). The number of hydrogen-bond donors (Lipinski definition) is 2. The van der Waals surface area contributed by atoms with Crippen LogP contribution in [-0.2, 0) is 17.6 Å². The molecule has 0 bridgehead atoms. The number of aryl methyl sites for hydroxylation is 1. The molecule has 5 nitrogen and oxygen atoms in total. The summed E-state index contributed by atoms with van der Waals surface area (Å²) in [6, 6.07) is 9.43. The van der Waals surface area contributed by atoms with Crippen molar-refractivity contribution in [1.29, 1.82) is 0 Å². The molecule has 0 fully saturated rings. The van der Waals surface area contributed by atoms with Crippen molar-refractivity contribution in [2.75, 3.05) is 0 Å². The molecule has 0 aliphatic rings. The highest BCUT2D eigenvalue weighted by atomic mass is 79.9. The fourth-order valence-corrected chi connectivity index (χ4v) is 3.61. The fraction of sp³-hybridized carbons (Fsp3) is 0.176. The monoisotopic (exact) mass is 406 g/mol. The minimum absolute atomic E-state index is 0.132. The van der Waals surface area contributed by atoms with Crippen molar-refractivity contribution in [3.05, 3.63) is 56.4 Å². The van der Waals surface area contributed by atoms with Crippen molar-refractivity contribution >= 4 is 50.1 Å². The van der Waals surface area contributed by atoms with Crippen LogP contribution in [0.5, 0.6) is 0 Å². The molecule has 3 aromatic rings. The molecule has 0 aliphatic heterocycles. The van der Waals surface area contributed by atoms with Crippen LogP contribution in [0.3, 0.4) is 0 Å². The number of amides is 2. The maximum absolute atomic E-state index is 12.0. The predicted molar refractivity (Wildman–Crippen MR) is 96.9 cm³/mol. The molecular formula is C17H15BrN2O3S. The molecule has 2 heterocycles. The van der Waals surface area contributed by atoms with Crippen LogP contribution in [0.1, 0.15) is 27.7 Å². The molecule has 2 N–H and O–H groups in total. The fourth-order valence-electron chi connectivity index (χ4n) is 2.33. The molecule has 0 unspecified atom stereocenters. The Kier molecular flexibility index (Phi) is 5.01. The van der Waals surface area contributed by atoms with Crippen LogP contribution in [0, 0.1) is 0 Å². The molecule has 0 saturated heterocycles. The average molecular weight is 407 g/mol. The topological polar surface area (TPSA) is 71.3 Å². The third kappa shape index (κ3) is 3.68. The van der Waals surface area contributed by atoms with Gasteiger partial charge in [0.05, 0.1) is 21.3 Å². The van der Waals surface area contributed by atoms with E-state index in [2.05, 4.69) is 33.7 Å². The zero-order valence-corrected chi connectivity index (χ0v) is 15.3. The van der Waals surface area contributed by atoms with Crippen molar-refractivity contribution in [1.82, 2.24) is 10.9 Å². The summed E-state index contributed by atoms with van der Waals surface area (Å²) >= 11 is 4.59. The summed E-state index contributed by atoms with van der Waals surface area (Å²) in [5.41, 5.74) is 7.58. The van der Waals surface area contributed by atoms with Gasteiger partial charge in [-0.15, -0.1) is 11.3 Å². The normalized spacial score (nSPS) is 10.8. The van der Waals surface area contributed by atoms with E-state index in [-0.39, 0.29) is 18.2 Å². The van der Waals surface area contributed by atoms with Gasteiger partial charge in [0, 0.05) is 10.9 Å². The van der Waals surface area contributed by atoms with Crippen LogP contribution < -0.4 is 10.9 Å². The lowest BCUT2D eigenvalue weighted by Crippen LogP contribution is -2.42. The largest absolute Gasteiger partial charge is 0.464 e. The molecule has 0 radical (unpaired) electrons. The zero-order chi connectivity index (χ0) is 17.1. The van der Waals surface area contributed by atoms with E-state index >= 15 is 0 Å². The Morgan fingerprint density at radius 3 is 2.75 bits per heavy atom. The Labute approximate surface area is 151 Å². The highest BCUT2D eigenvalue weighted by Crippen LogP contribution is 2.23. The van der Waals surface area contributed by atoms with Crippen molar-refractivity contribution in [3.63, 3.8) is 0 Å². The van der Waals surface area contributed by atoms with Crippen LogP contribution in [0.15, 0.2) is 44.8 Å². The summed E-state index contributed by atoms with van der Waals surface area (Å²) in [5, 5.41) is 0.913. The second kappa shape index (κ2) is 7.19. The molecule has 0 spiro atoms. The second-order valence-electron chi connectivity index (χ2n) is 5.23. The van der Waals surface area contributed by atoms with Gasteiger partial charge in [-0.1, -0.05) is 19.1 Å². The van der Waals surface area contributed by atoms with Crippen LogP contribution in [-0.4, -0.2) is 11.8 Å². The molecule has 0 aliphatic carbocycles. The lowest BCUT2D eigenvalue weighted by atomic mass is 10.1. The first-order valence-corrected chi connectivity index (χ1v) is 9.01. The van der Waals surface area contributed by atoms with Crippen molar-refractivity contribution in [3.8, 4) is 0 Å². The lowest BCUT2D eigenvalue weighted by Gasteiger charge is -2.05. The van der Waals surface area contributed by atoms with Gasteiger partial charge in [0.25, 0.3) is 5.91 Å². The number of nitrogens with one attached hydrogen (secondary N) is 2. The maximum Gasteiger partial charge on any atom is 0.279 e. The number of furan rings is 1. The van der Waals surface area contributed by atoms with Crippen molar-refractivity contribution in [2.24, 2.45) is 0 Å². The Bertz CT molecular complexity index is 900. The van der Waals surface area contributed by atoms with Gasteiger partial charge in [-0.05, 0) is 46.1 Å². The van der Waals surface area contributed by atoms with Crippen LogP contribution in [0.2, 0.25) is 0 Å². The number of halogens is 1. The van der Waals surface area contributed by atoms with E-state index in [1.165, 1.54) is 16.9 Å². The quantitative estimate of drug-likeness (QED) is 0.646.